The van der Waals surface area contributed by atoms with Gasteiger partial charge in [0, 0.05) is 17.9 Å². The highest BCUT2D eigenvalue weighted by molar-refractivity contribution is 8.00. The van der Waals surface area contributed by atoms with Gasteiger partial charge in [0.25, 0.3) is 0 Å². The van der Waals surface area contributed by atoms with Crippen LogP contribution in [0, 0.1) is 0 Å². The highest BCUT2D eigenvalue weighted by Crippen LogP contribution is 2.38. The second-order valence-corrected chi connectivity index (χ2v) is 9.81. The second-order valence-electron chi connectivity index (χ2n) is 8.50. The average molecular weight is 485 g/mol. The number of hydrogen-bond donors (Lipinski definition) is 0. The SMILES string of the molecule is C[C@H](Sc1nnc([C@@H]2COc3ccccc3O2)n1-c1ccccc1)C(=O)N1CCc2ccccc21. The lowest BCUT2D eigenvalue weighted by atomic mass is 10.2. The molecule has 0 fully saturated rings. The number of carbonyl (C=O) groups is 1. The molecule has 2 aliphatic heterocycles. The Morgan fingerprint density at radius 2 is 1.71 bits per heavy atom. The zero-order valence-electron chi connectivity index (χ0n) is 19.2. The van der Waals surface area contributed by atoms with Crippen LogP contribution in [-0.4, -0.2) is 39.1 Å². The van der Waals surface area contributed by atoms with Crippen LogP contribution in [0.3, 0.4) is 0 Å². The monoisotopic (exact) mass is 484 g/mol. The minimum Gasteiger partial charge on any atom is -0.485 e. The largest absolute Gasteiger partial charge is 0.485 e. The van der Waals surface area contributed by atoms with Gasteiger partial charge in [-0.25, -0.2) is 0 Å². The van der Waals surface area contributed by atoms with Crippen LogP contribution < -0.4 is 14.4 Å². The van der Waals surface area contributed by atoms with Crippen molar-refractivity contribution in [2.45, 2.75) is 29.9 Å². The van der Waals surface area contributed by atoms with E-state index in [1.807, 2.05) is 89.2 Å². The highest BCUT2D eigenvalue weighted by Gasteiger charge is 2.32. The molecule has 0 saturated carbocycles. The van der Waals surface area contributed by atoms with Gasteiger partial charge in [-0.2, -0.15) is 0 Å². The lowest BCUT2D eigenvalue weighted by Crippen LogP contribution is -2.35. The van der Waals surface area contributed by atoms with Crippen LogP contribution in [0.15, 0.2) is 84.0 Å². The Bertz CT molecular complexity index is 1370. The first-order valence-electron chi connectivity index (χ1n) is 11.6. The van der Waals surface area contributed by atoms with E-state index < -0.39 is 6.10 Å². The third-order valence-corrected chi connectivity index (χ3v) is 7.28. The molecule has 4 aromatic rings. The summed E-state index contributed by atoms with van der Waals surface area (Å²) in [4.78, 5) is 15.3. The maximum atomic E-state index is 13.4. The number of anilines is 1. The number of nitrogens with zero attached hydrogens (tertiary/aromatic N) is 4. The van der Waals surface area contributed by atoms with E-state index in [0.29, 0.717) is 35.6 Å². The van der Waals surface area contributed by atoms with Crippen LogP contribution in [0.5, 0.6) is 11.5 Å². The molecule has 35 heavy (non-hydrogen) atoms. The maximum Gasteiger partial charge on any atom is 0.240 e. The van der Waals surface area contributed by atoms with Gasteiger partial charge in [-0.15, -0.1) is 10.2 Å². The molecule has 0 bridgehead atoms. The molecule has 0 aliphatic carbocycles. The van der Waals surface area contributed by atoms with Gasteiger partial charge in [0.15, 0.2) is 28.6 Å². The Balaban J connectivity index is 1.30. The van der Waals surface area contributed by atoms with E-state index in [2.05, 4.69) is 16.3 Å². The smallest absolute Gasteiger partial charge is 0.240 e. The molecule has 176 valence electrons. The van der Waals surface area contributed by atoms with Crippen molar-refractivity contribution in [2.75, 3.05) is 18.1 Å². The summed E-state index contributed by atoms with van der Waals surface area (Å²) in [6.45, 7) is 2.95. The molecule has 0 N–H and O–H groups in total. The van der Waals surface area contributed by atoms with Crippen LogP contribution >= 0.6 is 11.8 Å². The maximum absolute atomic E-state index is 13.4. The van der Waals surface area contributed by atoms with E-state index in [1.54, 1.807) is 0 Å². The van der Waals surface area contributed by atoms with Gasteiger partial charge < -0.3 is 14.4 Å². The van der Waals surface area contributed by atoms with Crippen LogP contribution in [0.4, 0.5) is 5.69 Å². The Morgan fingerprint density at radius 3 is 2.57 bits per heavy atom. The molecular formula is C27H24N4O3S. The summed E-state index contributed by atoms with van der Waals surface area (Å²) in [6, 6.07) is 25.6. The number of para-hydroxylation sites is 4. The number of fused-ring (bicyclic) bond motifs is 2. The van der Waals surface area contributed by atoms with Crippen molar-refractivity contribution in [2.24, 2.45) is 0 Å². The topological polar surface area (TPSA) is 69.5 Å². The molecule has 0 spiro atoms. The number of amides is 1. The number of rotatable bonds is 5. The van der Waals surface area contributed by atoms with Crippen LogP contribution in [0.1, 0.15) is 24.4 Å². The molecule has 0 saturated heterocycles. The lowest BCUT2D eigenvalue weighted by molar-refractivity contribution is -0.117. The number of hydrogen-bond acceptors (Lipinski definition) is 6. The summed E-state index contributed by atoms with van der Waals surface area (Å²) in [5.74, 6) is 2.10. The van der Waals surface area contributed by atoms with Gasteiger partial charge in [0.05, 0.1) is 5.25 Å². The molecule has 0 unspecified atom stereocenters. The van der Waals surface area contributed by atoms with E-state index in [1.165, 1.54) is 17.3 Å². The first kappa shape index (κ1) is 21.7. The standard InChI is InChI=1S/C27H24N4O3S/c1-18(26(32)30-16-15-19-9-5-6-12-21(19)30)35-27-29-28-25(31(27)20-10-3-2-4-11-20)24-17-33-22-13-7-8-14-23(22)34-24/h2-14,18,24H,15-17H2,1H3/t18-,24-/m0/s1. The summed E-state index contributed by atoms with van der Waals surface area (Å²) in [6.07, 6.45) is 0.452. The molecule has 1 aromatic heterocycles. The third-order valence-electron chi connectivity index (χ3n) is 6.25. The van der Waals surface area contributed by atoms with Crippen LogP contribution in [0.2, 0.25) is 0 Å². The summed E-state index contributed by atoms with van der Waals surface area (Å²) in [5.41, 5.74) is 3.12. The number of benzene rings is 3. The minimum atomic E-state index is -0.427. The number of aromatic nitrogens is 3. The van der Waals surface area contributed by atoms with E-state index >= 15 is 0 Å². The van der Waals surface area contributed by atoms with Crippen LogP contribution in [-0.2, 0) is 11.2 Å². The lowest BCUT2D eigenvalue weighted by Gasteiger charge is -2.26. The van der Waals surface area contributed by atoms with Gasteiger partial charge in [-0.1, -0.05) is 60.3 Å². The predicted octanol–water partition coefficient (Wildman–Crippen LogP) is 4.85. The highest BCUT2D eigenvalue weighted by atomic mass is 32.2. The molecule has 3 aromatic carbocycles. The van der Waals surface area contributed by atoms with Crippen molar-refractivity contribution < 1.29 is 14.3 Å². The Morgan fingerprint density at radius 1 is 0.971 bits per heavy atom. The van der Waals surface area contributed by atoms with E-state index in [4.69, 9.17) is 9.47 Å². The predicted molar refractivity (Wildman–Crippen MR) is 134 cm³/mol. The van der Waals surface area contributed by atoms with E-state index in [-0.39, 0.29) is 11.2 Å². The summed E-state index contributed by atoms with van der Waals surface area (Å²) < 4.78 is 14.1. The van der Waals surface area contributed by atoms with Crippen molar-refractivity contribution >= 4 is 23.4 Å². The second kappa shape index (κ2) is 9.11. The molecule has 7 nitrogen and oxygen atoms in total. The first-order chi connectivity index (χ1) is 17.2. The van der Waals surface area contributed by atoms with Crippen molar-refractivity contribution in [3.8, 4) is 17.2 Å². The van der Waals surface area contributed by atoms with Gasteiger partial charge in [-0.05, 0) is 49.2 Å². The molecule has 2 atom stereocenters. The molecule has 6 rings (SSSR count). The Hall–Kier alpha value is -3.78. The van der Waals surface area contributed by atoms with E-state index in [9.17, 15) is 4.79 Å². The Labute approximate surface area is 207 Å². The van der Waals surface area contributed by atoms with Gasteiger partial charge in [0.2, 0.25) is 5.91 Å². The quantitative estimate of drug-likeness (QED) is 0.377. The zero-order chi connectivity index (χ0) is 23.8. The number of carbonyl (C=O) groups excluding carboxylic acids is 1. The van der Waals surface area contributed by atoms with Crippen LogP contribution in [0.25, 0.3) is 5.69 Å². The average Bonchev–Trinajstić information content (AvgIpc) is 3.53. The number of ether oxygens (including phenoxy) is 2. The van der Waals surface area contributed by atoms with Gasteiger partial charge in [0.1, 0.15) is 6.61 Å². The molecular weight excluding hydrogens is 460 g/mol. The van der Waals surface area contributed by atoms with Crippen molar-refractivity contribution in [1.29, 1.82) is 0 Å². The van der Waals surface area contributed by atoms with E-state index in [0.717, 1.165) is 17.8 Å². The Kier molecular flexibility index (Phi) is 5.66. The fraction of sp³-hybridized carbons (Fsp3) is 0.222. The summed E-state index contributed by atoms with van der Waals surface area (Å²) in [7, 11) is 0. The molecule has 1 amide bonds. The molecule has 2 aliphatic rings. The first-order valence-corrected chi connectivity index (χ1v) is 12.5. The van der Waals surface area contributed by atoms with Crippen molar-refractivity contribution in [3.05, 3.63) is 90.3 Å². The number of thioether (sulfide) groups is 1. The fourth-order valence-electron chi connectivity index (χ4n) is 4.53. The molecule has 0 radical (unpaired) electrons. The third kappa shape index (κ3) is 4.04. The minimum absolute atomic E-state index is 0.0651. The normalized spacial score (nSPS) is 17.2. The van der Waals surface area contributed by atoms with Crippen molar-refractivity contribution in [3.63, 3.8) is 0 Å². The van der Waals surface area contributed by atoms with Crippen molar-refractivity contribution in [1.82, 2.24) is 14.8 Å². The summed E-state index contributed by atoms with van der Waals surface area (Å²) in [5, 5.41) is 9.28. The molecule has 8 heteroatoms. The fourth-order valence-corrected chi connectivity index (χ4v) is 5.46. The summed E-state index contributed by atoms with van der Waals surface area (Å²) >= 11 is 1.41. The molecule has 3 heterocycles. The zero-order valence-corrected chi connectivity index (χ0v) is 20.0. The van der Waals surface area contributed by atoms with Gasteiger partial charge >= 0.3 is 0 Å². The van der Waals surface area contributed by atoms with Gasteiger partial charge in [-0.3, -0.25) is 9.36 Å².